The molecule has 158 valence electrons. The Morgan fingerprint density at radius 1 is 0.821 bits per heavy atom. The standard InChI is InChI=1S/C24H42O2Si2/c1-18(2)28(19(3)4,20(5)6)26-24(22-14-12-11-13-15-22)23(25)21(7)16-17-27(8,9)10/h11-15,18-21,23-25H,1-10H3. The molecule has 0 saturated heterocycles. The van der Waals surface area contributed by atoms with Crippen molar-refractivity contribution in [2.45, 2.75) is 96.9 Å². The average molecular weight is 419 g/mol. The molecular formula is C24H42O2Si2. The summed E-state index contributed by atoms with van der Waals surface area (Å²) in [5.74, 6) is 3.21. The normalized spacial score (nSPS) is 16.1. The fourth-order valence-corrected chi connectivity index (χ4v) is 10.5. The lowest BCUT2D eigenvalue weighted by atomic mass is 9.95. The molecular weight excluding hydrogens is 376 g/mol. The Morgan fingerprint density at radius 3 is 1.68 bits per heavy atom. The van der Waals surface area contributed by atoms with Crippen LogP contribution >= 0.6 is 0 Å². The summed E-state index contributed by atoms with van der Waals surface area (Å²) in [6, 6.07) is 10.2. The van der Waals surface area contributed by atoms with Gasteiger partial charge in [0.1, 0.15) is 8.07 Å². The van der Waals surface area contributed by atoms with E-state index in [1.54, 1.807) is 0 Å². The van der Waals surface area contributed by atoms with E-state index < -0.39 is 22.5 Å². The van der Waals surface area contributed by atoms with Crippen molar-refractivity contribution < 1.29 is 9.53 Å². The first-order chi connectivity index (χ1) is 12.8. The minimum atomic E-state index is -2.14. The minimum absolute atomic E-state index is 0.130. The first-order valence-electron chi connectivity index (χ1n) is 10.8. The largest absolute Gasteiger partial charge is 0.406 e. The molecule has 1 rings (SSSR count). The lowest BCUT2D eigenvalue weighted by Crippen LogP contribution is -2.50. The van der Waals surface area contributed by atoms with Crippen LogP contribution in [0.15, 0.2) is 30.3 Å². The maximum Gasteiger partial charge on any atom is 0.201 e. The van der Waals surface area contributed by atoms with E-state index in [-0.39, 0.29) is 12.0 Å². The third kappa shape index (κ3) is 6.32. The molecule has 0 radical (unpaired) electrons. The Bertz CT molecular complexity index is 629. The molecule has 0 fully saturated rings. The van der Waals surface area contributed by atoms with Gasteiger partial charge in [-0.3, -0.25) is 0 Å². The molecule has 1 N–H and O–H groups in total. The zero-order valence-corrected chi connectivity index (χ0v) is 21.7. The summed E-state index contributed by atoms with van der Waals surface area (Å²) in [7, 11) is -3.63. The highest BCUT2D eigenvalue weighted by atomic mass is 28.4. The van der Waals surface area contributed by atoms with Gasteiger partial charge < -0.3 is 9.53 Å². The molecule has 1 aromatic rings. The van der Waals surface area contributed by atoms with E-state index in [9.17, 15) is 5.11 Å². The molecule has 0 saturated carbocycles. The molecule has 3 atom stereocenters. The first-order valence-corrected chi connectivity index (χ1v) is 16.4. The number of aliphatic hydroxyl groups excluding tert-OH is 1. The zero-order valence-electron chi connectivity index (χ0n) is 19.7. The van der Waals surface area contributed by atoms with Crippen LogP contribution in [0.3, 0.4) is 0 Å². The smallest absolute Gasteiger partial charge is 0.201 e. The summed E-state index contributed by atoms with van der Waals surface area (Å²) in [6.07, 6.45) is -0.986. The van der Waals surface area contributed by atoms with Crippen LogP contribution in [0, 0.1) is 17.4 Å². The summed E-state index contributed by atoms with van der Waals surface area (Å²) in [5.41, 5.74) is 5.88. The van der Waals surface area contributed by atoms with Gasteiger partial charge in [0.05, 0.1) is 12.2 Å². The van der Waals surface area contributed by atoms with Gasteiger partial charge in [0.25, 0.3) is 0 Å². The van der Waals surface area contributed by atoms with E-state index in [0.29, 0.717) is 16.6 Å². The number of hydrogen-bond donors (Lipinski definition) is 1. The van der Waals surface area contributed by atoms with Crippen molar-refractivity contribution in [1.82, 2.24) is 0 Å². The lowest BCUT2D eigenvalue weighted by Gasteiger charge is -2.46. The number of benzene rings is 1. The Kier molecular flexibility index (Phi) is 9.21. The van der Waals surface area contributed by atoms with Crippen molar-refractivity contribution in [1.29, 1.82) is 0 Å². The van der Waals surface area contributed by atoms with Gasteiger partial charge in [0, 0.05) is 5.92 Å². The van der Waals surface area contributed by atoms with Gasteiger partial charge in [-0.2, -0.15) is 0 Å². The molecule has 0 aliphatic heterocycles. The van der Waals surface area contributed by atoms with Gasteiger partial charge in [0.2, 0.25) is 8.32 Å². The van der Waals surface area contributed by atoms with E-state index in [1.807, 2.05) is 25.1 Å². The monoisotopic (exact) mass is 418 g/mol. The third-order valence-corrected chi connectivity index (χ3v) is 12.6. The summed E-state index contributed by atoms with van der Waals surface area (Å²) < 4.78 is 7.06. The Balaban J connectivity index is 3.39. The molecule has 0 bridgehead atoms. The molecule has 0 amide bonds. The lowest BCUT2D eigenvalue weighted by molar-refractivity contribution is 0.00492. The van der Waals surface area contributed by atoms with Crippen LogP contribution in [0.1, 0.15) is 60.1 Å². The maximum atomic E-state index is 11.3. The van der Waals surface area contributed by atoms with Crippen LogP contribution < -0.4 is 0 Å². The van der Waals surface area contributed by atoms with E-state index >= 15 is 0 Å². The molecule has 0 spiro atoms. The van der Waals surface area contributed by atoms with E-state index in [0.717, 1.165) is 5.56 Å². The molecule has 28 heavy (non-hydrogen) atoms. The second kappa shape index (κ2) is 10.2. The molecule has 1 aromatic carbocycles. The Hall–Kier alpha value is -0.866. The summed E-state index contributed by atoms with van der Waals surface area (Å²) >= 11 is 0. The molecule has 0 aromatic heterocycles. The second-order valence-corrected chi connectivity index (χ2v) is 20.2. The van der Waals surface area contributed by atoms with Crippen molar-refractivity contribution in [2.75, 3.05) is 0 Å². The van der Waals surface area contributed by atoms with Crippen molar-refractivity contribution >= 4 is 16.4 Å². The van der Waals surface area contributed by atoms with Crippen LogP contribution in [0.5, 0.6) is 0 Å². The van der Waals surface area contributed by atoms with Crippen LogP contribution in [0.2, 0.25) is 36.3 Å². The van der Waals surface area contributed by atoms with Crippen LogP contribution in [0.4, 0.5) is 0 Å². The number of hydrogen-bond acceptors (Lipinski definition) is 2. The van der Waals surface area contributed by atoms with E-state index in [1.165, 1.54) is 0 Å². The fourth-order valence-electron chi connectivity index (χ4n) is 4.28. The van der Waals surface area contributed by atoms with Crippen LogP contribution in [-0.2, 0) is 4.43 Å². The van der Waals surface area contributed by atoms with Crippen molar-refractivity contribution in [2.24, 2.45) is 5.92 Å². The quantitative estimate of drug-likeness (QED) is 0.371. The molecule has 3 unspecified atom stereocenters. The molecule has 0 aliphatic rings. The summed E-state index contributed by atoms with van der Waals surface area (Å²) in [5, 5.41) is 11.3. The molecule has 0 aliphatic carbocycles. The van der Waals surface area contributed by atoms with Crippen molar-refractivity contribution in [3.8, 4) is 11.5 Å². The molecule has 0 heterocycles. The summed E-state index contributed by atoms with van der Waals surface area (Å²) in [4.78, 5) is 0. The van der Waals surface area contributed by atoms with Gasteiger partial charge in [-0.1, -0.05) is 91.5 Å². The molecule has 4 heteroatoms. The minimum Gasteiger partial charge on any atom is -0.406 e. The first kappa shape index (κ1) is 25.2. The van der Waals surface area contributed by atoms with Crippen molar-refractivity contribution in [3.63, 3.8) is 0 Å². The highest BCUT2D eigenvalue weighted by molar-refractivity contribution is 6.83. The second-order valence-electron chi connectivity index (χ2n) is 10.1. The topological polar surface area (TPSA) is 29.5 Å². The predicted octanol–water partition coefficient (Wildman–Crippen LogP) is 6.80. The highest BCUT2D eigenvalue weighted by Gasteiger charge is 2.48. The predicted molar refractivity (Wildman–Crippen MR) is 128 cm³/mol. The average Bonchev–Trinajstić information content (AvgIpc) is 2.59. The van der Waals surface area contributed by atoms with Gasteiger partial charge in [-0.15, -0.1) is 11.5 Å². The fraction of sp³-hybridized carbons (Fsp3) is 0.667. The van der Waals surface area contributed by atoms with E-state index in [2.05, 4.69) is 84.8 Å². The van der Waals surface area contributed by atoms with Gasteiger partial charge >= 0.3 is 0 Å². The highest BCUT2D eigenvalue weighted by Crippen LogP contribution is 2.46. The van der Waals surface area contributed by atoms with Crippen LogP contribution in [0.25, 0.3) is 0 Å². The number of aliphatic hydroxyl groups is 1. The summed E-state index contributed by atoms with van der Waals surface area (Å²) in [6.45, 7) is 22.5. The Morgan fingerprint density at radius 2 is 1.29 bits per heavy atom. The van der Waals surface area contributed by atoms with E-state index in [4.69, 9.17) is 4.43 Å². The third-order valence-electron chi connectivity index (χ3n) is 5.66. The number of rotatable bonds is 8. The van der Waals surface area contributed by atoms with Crippen molar-refractivity contribution in [3.05, 3.63) is 35.9 Å². The van der Waals surface area contributed by atoms with Crippen LogP contribution in [-0.4, -0.2) is 27.6 Å². The Labute approximate surface area is 176 Å². The maximum absolute atomic E-state index is 11.3. The van der Waals surface area contributed by atoms with Gasteiger partial charge in [0.15, 0.2) is 0 Å². The van der Waals surface area contributed by atoms with Gasteiger partial charge in [-0.05, 0) is 29.1 Å². The SMILES string of the molecule is CC(C#C[Si](C)(C)C)C(O)C(O[Si](C(C)C)(C(C)C)C(C)C)c1ccccc1. The van der Waals surface area contributed by atoms with Gasteiger partial charge in [-0.25, -0.2) is 0 Å². The molecule has 2 nitrogen and oxygen atoms in total. The zero-order chi connectivity index (χ0) is 21.7.